The number of nitrogens with one attached hydrogen (secondary N) is 1. The number of nitrogens with zero attached hydrogens (tertiary/aromatic N) is 3. The Morgan fingerprint density at radius 2 is 2.13 bits per heavy atom. The molecule has 2 heterocycles. The Bertz CT molecular complexity index is 864. The highest BCUT2D eigenvalue weighted by molar-refractivity contribution is 9.10. The van der Waals surface area contributed by atoms with E-state index in [1.807, 2.05) is 25.1 Å². The fourth-order valence-corrected chi connectivity index (χ4v) is 2.54. The first kappa shape index (κ1) is 15.7. The topological polar surface area (TPSA) is 59.8 Å². The van der Waals surface area contributed by atoms with Crippen LogP contribution in [0.25, 0.3) is 5.82 Å². The lowest BCUT2D eigenvalue weighted by Crippen LogP contribution is -2.13. The number of benzene rings is 1. The van der Waals surface area contributed by atoms with Crippen molar-refractivity contribution in [1.82, 2.24) is 14.8 Å². The summed E-state index contributed by atoms with van der Waals surface area (Å²) in [4.78, 5) is 16.7. The highest BCUT2D eigenvalue weighted by Crippen LogP contribution is 2.26. The summed E-state index contributed by atoms with van der Waals surface area (Å²) in [5.74, 6) is 0.416. The van der Waals surface area contributed by atoms with E-state index in [1.165, 1.54) is 6.20 Å². The molecule has 0 bridgehead atoms. The van der Waals surface area contributed by atoms with Gasteiger partial charge in [-0.15, -0.1) is 0 Å². The summed E-state index contributed by atoms with van der Waals surface area (Å²) in [6.07, 6.45) is 3.21. The summed E-state index contributed by atoms with van der Waals surface area (Å²) in [6.45, 7) is 1.82. The zero-order valence-corrected chi connectivity index (χ0v) is 14.5. The molecule has 0 aliphatic rings. The molecule has 1 amide bonds. The smallest absolute Gasteiger partial charge is 0.259 e. The Balaban J connectivity index is 1.86. The first-order valence-corrected chi connectivity index (χ1v) is 7.96. The lowest BCUT2D eigenvalue weighted by atomic mass is 10.2. The molecule has 3 aromatic rings. The van der Waals surface area contributed by atoms with Crippen LogP contribution in [0.2, 0.25) is 5.02 Å². The average Bonchev–Trinajstić information content (AvgIpc) is 2.93. The van der Waals surface area contributed by atoms with E-state index < -0.39 is 0 Å². The van der Waals surface area contributed by atoms with Gasteiger partial charge >= 0.3 is 0 Å². The Kier molecular flexibility index (Phi) is 4.45. The second-order valence-electron chi connectivity index (χ2n) is 4.83. The molecule has 0 radical (unpaired) electrons. The van der Waals surface area contributed by atoms with Crippen LogP contribution in [-0.4, -0.2) is 20.7 Å². The van der Waals surface area contributed by atoms with Crippen molar-refractivity contribution in [3.05, 3.63) is 69.5 Å². The number of carbonyl (C=O) groups excluding carboxylic acids is 1. The van der Waals surface area contributed by atoms with Gasteiger partial charge in [-0.2, -0.15) is 5.10 Å². The molecule has 5 nitrogen and oxygen atoms in total. The summed E-state index contributed by atoms with van der Waals surface area (Å²) >= 11 is 9.35. The summed E-state index contributed by atoms with van der Waals surface area (Å²) in [5, 5.41) is 7.59. The van der Waals surface area contributed by atoms with E-state index in [-0.39, 0.29) is 5.91 Å². The molecular formula is C16H12BrClN4O. The van der Waals surface area contributed by atoms with Crippen LogP contribution in [0.5, 0.6) is 0 Å². The maximum Gasteiger partial charge on any atom is 0.259 e. The number of amides is 1. The van der Waals surface area contributed by atoms with E-state index in [0.29, 0.717) is 27.8 Å². The predicted molar refractivity (Wildman–Crippen MR) is 93.2 cm³/mol. The van der Waals surface area contributed by atoms with Gasteiger partial charge in [0.15, 0.2) is 5.82 Å². The van der Waals surface area contributed by atoms with E-state index in [2.05, 4.69) is 31.3 Å². The SMILES string of the molecule is Cc1c(C(=O)Nc2ccc(Br)c(Cl)c2)cnn1-c1ccccn1. The van der Waals surface area contributed by atoms with Crippen LogP contribution in [0.1, 0.15) is 16.1 Å². The van der Waals surface area contributed by atoms with Gasteiger partial charge in [0.05, 0.1) is 22.5 Å². The number of anilines is 1. The third-order valence-corrected chi connectivity index (χ3v) is 4.53. The summed E-state index contributed by atoms with van der Waals surface area (Å²) in [5.41, 5.74) is 1.81. The molecule has 0 saturated carbocycles. The first-order chi connectivity index (χ1) is 11.1. The lowest BCUT2D eigenvalue weighted by Gasteiger charge is -2.07. The summed E-state index contributed by atoms with van der Waals surface area (Å²) < 4.78 is 2.40. The van der Waals surface area contributed by atoms with Gasteiger partial charge in [0.25, 0.3) is 5.91 Å². The largest absolute Gasteiger partial charge is 0.322 e. The van der Waals surface area contributed by atoms with Crippen LogP contribution in [0.15, 0.2) is 53.3 Å². The van der Waals surface area contributed by atoms with E-state index in [1.54, 1.807) is 29.1 Å². The quantitative estimate of drug-likeness (QED) is 0.726. The van der Waals surface area contributed by atoms with Crippen LogP contribution in [0, 0.1) is 6.92 Å². The molecule has 1 aromatic carbocycles. The van der Waals surface area contributed by atoms with Crippen molar-refractivity contribution < 1.29 is 4.79 Å². The first-order valence-electron chi connectivity index (χ1n) is 6.78. The second kappa shape index (κ2) is 6.52. The zero-order chi connectivity index (χ0) is 16.4. The molecule has 7 heteroatoms. The molecule has 0 atom stereocenters. The molecule has 0 fully saturated rings. The molecule has 0 aliphatic heterocycles. The zero-order valence-electron chi connectivity index (χ0n) is 12.1. The Morgan fingerprint density at radius 3 is 2.83 bits per heavy atom. The number of rotatable bonds is 3. The van der Waals surface area contributed by atoms with Crippen molar-refractivity contribution in [2.24, 2.45) is 0 Å². The minimum atomic E-state index is -0.247. The standard InChI is InChI=1S/C16H12BrClN4O/c1-10-12(9-20-22(10)15-4-2-3-7-19-15)16(23)21-11-5-6-13(17)14(18)8-11/h2-9H,1H3,(H,21,23). The van der Waals surface area contributed by atoms with Crippen molar-refractivity contribution in [2.75, 3.05) is 5.32 Å². The van der Waals surface area contributed by atoms with Gasteiger partial charge in [0, 0.05) is 16.4 Å². The minimum Gasteiger partial charge on any atom is -0.322 e. The van der Waals surface area contributed by atoms with Crippen LogP contribution >= 0.6 is 27.5 Å². The van der Waals surface area contributed by atoms with Gasteiger partial charge in [0.2, 0.25) is 0 Å². The Labute approximate surface area is 146 Å². The molecule has 0 aliphatic carbocycles. The minimum absolute atomic E-state index is 0.247. The van der Waals surface area contributed by atoms with Gasteiger partial charge < -0.3 is 5.32 Å². The number of aromatic nitrogens is 3. The van der Waals surface area contributed by atoms with Crippen LogP contribution < -0.4 is 5.32 Å². The van der Waals surface area contributed by atoms with Crippen molar-refractivity contribution in [3.8, 4) is 5.82 Å². The molecule has 116 valence electrons. The third kappa shape index (κ3) is 3.28. The van der Waals surface area contributed by atoms with E-state index >= 15 is 0 Å². The third-order valence-electron chi connectivity index (χ3n) is 3.30. The highest BCUT2D eigenvalue weighted by Gasteiger charge is 2.16. The molecule has 23 heavy (non-hydrogen) atoms. The molecule has 2 aromatic heterocycles. The highest BCUT2D eigenvalue weighted by atomic mass is 79.9. The number of hydrogen-bond acceptors (Lipinski definition) is 3. The second-order valence-corrected chi connectivity index (χ2v) is 6.09. The average molecular weight is 392 g/mol. The number of carbonyl (C=O) groups is 1. The Morgan fingerprint density at radius 1 is 1.30 bits per heavy atom. The van der Waals surface area contributed by atoms with Crippen molar-refractivity contribution in [2.45, 2.75) is 6.92 Å². The number of halogens is 2. The monoisotopic (exact) mass is 390 g/mol. The van der Waals surface area contributed by atoms with E-state index in [4.69, 9.17) is 11.6 Å². The molecule has 1 N–H and O–H groups in total. The van der Waals surface area contributed by atoms with Gasteiger partial charge in [0.1, 0.15) is 0 Å². The summed E-state index contributed by atoms with van der Waals surface area (Å²) in [7, 11) is 0. The fraction of sp³-hybridized carbons (Fsp3) is 0.0625. The van der Waals surface area contributed by atoms with Gasteiger partial charge in [-0.25, -0.2) is 9.67 Å². The van der Waals surface area contributed by atoms with Crippen LogP contribution in [0.3, 0.4) is 0 Å². The molecule has 0 saturated heterocycles. The maximum atomic E-state index is 12.4. The van der Waals surface area contributed by atoms with Gasteiger partial charge in [-0.05, 0) is 53.2 Å². The molecule has 0 unspecified atom stereocenters. The number of pyridine rings is 1. The predicted octanol–water partition coefficient (Wildman–Crippen LogP) is 4.24. The van der Waals surface area contributed by atoms with E-state index in [0.717, 1.165) is 4.47 Å². The van der Waals surface area contributed by atoms with Crippen LogP contribution in [0.4, 0.5) is 5.69 Å². The maximum absolute atomic E-state index is 12.4. The summed E-state index contributed by atoms with van der Waals surface area (Å²) in [6, 6.07) is 10.8. The van der Waals surface area contributed by atoms with Gasteiger partial charge in [-0.1, -0.05) is 17.7 Å². The van der Waals surface area contributed by atoms with Crippen LogP contribution in [-0.2, 0) is 0 Å². The molecular weight excluding hydrogens is 380 g/mol. The van der Waals surface area contributed by atoms with E-state index in [9.17, 15) is 4.79 Å². The fourth-order valence-electron chi connectivity index (χ4n) is 2.11. The Hall–Kier alpha value is -2.18. The van der Waals surface area contributed by atoms with Crippen molar-refractivity contribution in [1.29, 1.82) is 0 Å². The molecule has 3 rings (SSSR count). The normalized spacial score (nSPS) is 10.6. The van der Waals surface area contributed by atoms with Crippen molar-refractivity contribution >= 4 is 39.1 Å². The lowest BCUT2D eigenvalue weighted by molar-refractivity contribution is 0.102. The number of hydrogen-bond donors (Lipinski definition) is 1. The van der Waals surface area contributed by atoms with Crippen molar-refractivity contribution in [3.63, 3.8) is 0 Å². The molecule has 0 spiro atoms. The van der Waals surface area contributed by atoms with Gasteiger partial charge in [-0.3, -0.25) is 4.79 Å².